The number of ether oxygens (including phenoxy) is 1. The van der Waals surface area contributed by atoms with Crippen LogP contribution in [0.1, 0.15) is 6.92 Å². The van der Waals surface area contributed by atoms with Crippen molar-refractivity contribution in [1.29, 1.82) is 0 Å². The lowest BCUT2D eigenvalue weighted by Crippen LogP contribution is -2.42. The summed E-state index contributed by atoms with van der Waals surface area (Å²) in [6.45, 7) is 1.64. The Hall–Kier alpha value is -1.82. The second-order valence-electron chi connectivity index (χ2n) is 4.64. The highest BCUT2D eigenvalue weighted by atomic mass is 35.5. The first-order chi connectivity index (χ1) is 11.0. The molecular weight excluding hydrogens is 355 g/mol. The van der Waals surface area contributed by atoms with Crippen molar-refractivity contribution >= 4 is 52.1 Å². The maximum atomic E-state index is 12.1. The largest absolute Gasteiger partial charge is 0.481 e. The third kappa shape index (κ3) is 5.39. The molecule has 0 aliphatic heterocycles. The van der Waals surface area contributed by atoms with E-state index in [4.69, 9.17) is 40.2 Å². The number of hydrogen-bond donors (Lipinski definition) is 2. The van der Waals surface area contributed by atoms with Crippen LogP contribution in [0.5, 0.6) is 5.75 Å². The first-order valence-electron chi connectivity index (χ1n) is 6.74. The van der Waals surface area contributed by atoms with Gasteiger partial charge in [-0.25, -0.2) is 0 Å². The number of nitrogens with one attached hydrogen (secondary N) is 2. The van der Waals surface area contributed by atoms with Crippen LogP contribution in [0.25, 0.3) is 0 Å². The predicted octanol–water partition coefficient (Wildman–Crippen LogP) is 4.27. The number of amides is 1. The molecule has 0 aliphatic carbocycles. The van der Waals surface area contributed by atoms with Crippen LogP contribution in [-0.2, 0) is 4.79 Å². The van der Waals surface area contributed by atoms with Gasteiger partial charge in [0.15, 0.2) is 11.2 Å². The Kier molecular flexibility index (Phi) is 6.21. The van der Waals surface area contributed by atoms with Crippen LogP contribution in [0.2, 0.25) is 10.0 Å². The molecule has 0 heterocycles. The predicted molar refractivity (Wildman–Crippen MR) is 97.4 cm³/mol. The second kappa shape index (κ2) is 8.15. The van der Waals surface area contributed by atoms with E-state index >= 15 is 0 Å². The summed E-state index contributed by atoms with van der Waals surface area (Å²) in [4.78, 5) is 12.1. The molecule has 120 valence electrons. The van der Waals surface area contributed by atoms with Gasteiger partial charge >= 0.3 is 0 Å². The standard InChI is InChI=1S/C16H14Cl2N2O2S/c1-10(22-12-5-3-2-4-6-12)15(21)20-16(23)19-14-9-11(17)7-8-13(14)18/h2-10H,1H3,(H2,19,20,21,23)/t10-/m1/s1. The van der Waals surface area contributed by atoms with Crippen molar-refractivity contribution in [2.75, 3.05) is 5.32 Å². The van der Waals surface area contributed by atoms with Crippen molar-refractivity contribution in [3.05, 3.63) is 58.6 Å². The molecule has 1 atom stereocenters. The lowest BCUT2D eigenvalue weighted by atomic mass is 10.3. The highest BCUT2D eigenvalue weighted by Crippen LogP contribution is 2.25. The van der Waals surface area contributed by atoms with E-state index < -0.39 is 6.10 Å². The molecule has 23 heavy (non-hydrogen) atoms. The number of rotatable bonds is 4. The monoisotopic (exact) mass is 368 g/mol. The van der Waals surface area contributed by atoms with Gasteiger partial charge in [-0.05, 0) is 49.5 Å². The average Bonchev–Trinajstić information content (AvgIpc) is 2.51. The minimum absolute atomic E-state index is 0.114. The molecule has 7 heteroatoms. The summed E-state index contributed by atoms with van der Waals surface area (Å²) in [6, 6.07) is 14.0. The fourth-order valence-electron chi connectivity index (χ4n) is 1.72. The number of carbonyl (C=O) groups excluding carboxylic acids is 1. The minimum Gasteiger partial charge on any atom is -0.481 e. The van der Waals surface area contributed by atoms with Gasteiger partial charge in [0.25, 0.3) is 5.91 Å². The fraction of sp³-hybridized carbons (Fsp3) is 0.125. The van der Waals surface area contributed by atoms with Crippen molar-refractivity contribution in [1.82, 2.24) is 5.32 Å². The molecule has 4 nitrogen and oxygen atoms in total. The summed E-state index contributed by atoms with van der Waals surface area (Å²) in [5, 5.41) is 6.44. The molecule has 1 amide bonds. The number of benzene rings is 2. The topological polar surface area (TPSA) is 50.4 Å². The van der Waals surface area contributed by atoms with E-state index in [2.05, 4.69) is 10.6 Å². The quantitative estimate of drug-likeness (QED) is 0.791. The summed E-state index contributed by atoms with van der Waals surface area (Å²) < 4.78 is 5.52. The van der Waals surface area contributed by atoms with Crippen LogP contribution in [0.4, 0.5) is 5.69 Å². The Morgan fingerprint density at radius 2 is 1.87 bits per heavy atom. The summed E-state index contributed by atoms with van der Waals surface area (Å²) in [6.07, 6.45) is -0.702. The highest BCUT2D eigenvalue weighted by Gasteiger charge is 2.16. The Labute approximate surface area is 149 Å². The normalized spacial score (nSPS) is 11.4. The third-order valence-corrected chi connectivity index (χ3v) is 3.61. The number of para-hydroxylation sites is 1. The van der Waals surface area contributed by atoms with Gasteiger partial charge in [0.1, 0.15) is 5.75 Å². The molecule has 0 aliphatic rings. The van der Waals surface area contributed by atoms with E-state index in [0.717, 1.165) is 0 Å². The van der Waals surface area contributed by atoms with Crippen molar-refractivity contribution in [2.45, 2.75) is 13.0 Å². The number of halogens is 2. The van der Waals surface area contributed by atoms with E-state index in [1.807, 2.05) is 18.2 Å². The third-order valence-electron chi connectivity index (χ3n) is 2.84. The maximum Gasteiger partial charge on any atom is 0.266 e. The Balaban J connectivity index is 1.91. The van der Waals surface area contributed by atoms with Gasteiger partial charge < -0.3 is 10.1 Å². The van der Waals surface area contributed by atoms with Crippen LogP contribution in [0.15, 0.2) is 48.5 Å². The highest BCUT2D eigenvalue weighted by molar-refractivity contribution is 7.80. The Morgan fingerprint density at radius 3 is 2.57 bits per heavy atom. The van der Waals surface area contributed by atoms with E-state index in [0.29, 0.717) is 21.5 Å². The zero-order valence-corrected chi connectivity index (χ0v) is 14.5. The van der Waals surface area contributed by atoms with Gasteiger partial charge in [-0.2, -0.15) is 0 Å². The molecule has 0 saturated carbocycles. The van der Waals surface area contributed by atoms with Crippen LogP contribution < -0.4 is 15.4 Å². The van der Waals surface area contributed by atoms with Gasteiger partial charge in [-0.3, -0.25) is 10.1 Å². The lowest BCUT2D eigenvalue weighted by molar-refractivity contribution is -0.125. The fourth-order valence-corrected chi connectivity index (χ4v) is 2.26. The van der Waals surface area contributed by atoms with Crippen LogP contribution in [0, 0.1) is 0 Å². The number of thiocarbonyl (C=S) groups is 1. The second-order valence-corrected chi connectivity index (χ2v) is 5.89. The number of anilines is 1. The number of hydrogen-bond acceptors (Lipinski definition) is 3. The summed E-state index contributed by atoms with van der Waals surface area (Å²) in [5.41, 5.74) is 0.515. The molecule has 2 N–H and O–H groups in total. The molecule has 0 saturated heterocycles. The SMILES string of the molecule is C[C@@H](Oc1ccccc1)C(=O)NC(=S)Nc1cc(Cl)ccc1Cl. The Bertz CT molecular complexity index is 710. The van der Waals surface area contributed by atoms with Crippen molar-refractivity contribution in [3.63, 3.8) is 0 Å². The summed E-state index contributed by atoms with van der Waals surface area (Å²) in [5.74, 6) is 0.233. The molecule has 0 aromatic heterocycles. The molecule has 0 bridgehead atoms. The minimum atomic E-state index is -0.702. The molecule has 0 spiro atoms. The van der Waals surface area contributed by atoms with Crippen molar-refractivity contribution in [2.24, 2.45) is 0 Å². The molecule has 0 radical (unpaired) electrons. The maximum absolute atomic E-state index is 12.1. The first-order valence-corrected chi connectivity index (χ1v) is 7.90. The van der Waals surface area contributed by atoms with E-state index in [9.17, 15) is 4.79 Å². The molecule has 0 fully saturated rings. The van der Waals surface area contributed by atoms with Gasteiger partial charge in [0.2, 0.25) is 0 Å². The summed E-state index contributed by atoms with van der Waals surface area (Å²) >= 11 is 17.0. The van der Waals surface area contributed by atoms with Crippen LogP contribution in [-0.4, -0.2) is 17.1 Å². The van der Waals surface area contributed by atoms with E-state index in [1.165, 1.54) is 0 Å². The van der Waals surface area contributed by atoms with Crippen molar-refractivity contribution < 1.29 is 9.53 Å². The van der Waals surface area contributed by atoms with Gasteiger partial charge in [0.05, 0.1) is 10.7 Å². The van der Waals surface area contributed by atoms with Crippen LogP contribution >= 0.6 is 35.4 Å². The number of carbonyl (C=O) groups is 1. The van der Waals surface area contributed by atoms with Crippen LogP contribution in [0.3, 0.4) is 0 Å². The molecule has 2 aromatic rings. The average molecular weight is 369 g/mol. The molecular formula is C16H14Cl2N2O2S. The Morgan fingerprint density at radius 1 is 1.17 bits per heavy atom. The van der Waals surface area contributed by atoms with Gasteiger partial charge in [-0.15, -0.1) is 0 Å². The first kappa shape index (κ1) is 17.5. The summed E-state index contributed by atoms with van der Waals surface area (Å²) in [7, 11) is 0. The lowest BCUT2D eigenvalue weighted by Gasteiger charge is -2.16. The van der Waals surface area contributed by atoms with Gasteiger partial charge in [-0.1, -0.05) is 41.4 Å². The molecule has 2 aromatic carbocycles. The zero-order chi connectivity index (χ0) is 16.8. The van der Waals surface area contributed by atoms with Crippen molar-refractivity contribution in [3.8, 4) is 5.75 Å². The smallest absolute Gasteiger partial charge is 0.266 e. The van der Waals surface area contributed by atoms with E-state index in [-0.39, 0.29) is 11.0 Å². The molecule has 0 unspecified atom stereocenters. The van der Waals surface area contributed by atoms with E-state index in [1.54, 1.807) is 37.3 Å². The molecule has 2 rings (SSSR count). The van der Waals surface area contributed by atoms with Gasteiger partial charge in [0, 0.05) is 5.02 Å². The zero-order valence-electron chi connectivity index (χ0n) is 12.2.